The Balaban J connectivity index is 2.02. The lowest BCUT2D eigenvalue weighted by atomic mass is 9.98. The number of aromatic nitrogens is 1. The van der Waals surface area contributed by atoms with Gasteiger partial charge in [-0.15, -0.1) is 0 Å². The molecule has 0 aliphatic rings. The Kier molecular flexibility index (Phi) is 7.31. The monoisotopic (exact) mass is 388 g/mol. The molecule has 0 unspecified atom stereocenters. The summed E-state index contributed by atoms with van der Waals surface area (Å²) in [7, 11) is 0. The average Bonchev–Trinajstić information content (AvgIpc) is 2.70. The third-order valence-electron chi connectivity index (χ3n) is 4.11. The van der Waals surface area contributed by atoms with Gasteiger partial charge in [-0.1, -0.05) is 31.9 Å². The van der Waals surface area contributed by atoms with Crippen LogP contribution < -0.4 is 16.2 Å². The average molecular weight is 389 g/mol. The summed E-state index contributed by atoms with van der Waals surface area (Å²) in [5, 5.41) is 3.22. The van der Waals surface area contributed by atoms with Crippen molar-refractivity contribution in [3.8, 4) is 0 Å². The summed E-state index contributed by atoms with van der Waals surface area (Å²) in [5.41, 5.74) is 5.39. The molecule has 1 aromatic heterocycles. The zero-order chi connectivity index (χ0) is 19.8. The molecule has 2 atom stereocenters. The van der Waals surface area contributed by atoms with Crippen LogP contribution in [0.3, 0.4) is 0 Å². The lowest BCUT2D eigenvalue weighted by molar-refractivity contribution is -0.124. The molecule has 3 amide bonds. The molecule has 0 fully saturated rings. The van der Waals surface area contributed by atoms with Crippen molar-refractivity contribution < 1.29 is 14.4 Å². The number of hydrazine groups is 1. The third-order valence-corrected chi connectivity index (χ3v) is 4.36. The second kappa shape index (κ2) is 9.68. The van der Waals surface area contributed by atoms with Gasteiger partial charge >= 0.3 is 0 Å². The highest BCUT2D eigenvalue weighted by molar-refractivity contribution is 6.30. The predicted molar refractivity (Wildman–Crippen MR) is 102 cm³/mol. The number of hydrogen-bond donors (Lipinski definition) is 3. The summed E-state index contributed by atoms with van der Waals surface area (Å²) in [6, 6.07) is 8.73. The van der Waals surface area contributed by atoms with E-state index in [1.807, 2.05) is 13.8 Å². The van der Waals surface area contributed by atoms with Crippen LogP contribution in [0.1, 0.15) is 41.0 Å². The van der Waals surface area contributed by atoms with E-state index in [-0.39, 0.29) is 5.92 Å². The lowest BCUT2D eigenvalue weighted by Crippen LogP contribution is -2.54. The quantitative estimate of drug-likeness (QED) is 0.661. The number of pyridine rings is 1. The number of nitrogens with zero attached hydrogens (tertiary/aromatic N) is 1. The SMILES string of the molecule is CC[C@H](C)[C@H](NC(=O)c1ccc(Cl)cc1)C(=O)NNC(=O)c1cccnc1. The van der Waals surface area contributed by atoms with E-state index in [0.717, 1.165) is 0 Å². The van der Waals surface area contributed by atoms with E-state index < -0.39 is 23.8 Å². The van der Waals surface area contributed by atoms with Crippen LogP contribution in [-0.2, 0) is 4.79 Å². The van der Waals surface area contributed by atoms with Crippen molar-refractivity contribution in [3.63, 3.8) is 0 Å². The van der Waals surface area contributed by atoms with Crippen LogP contribution in [0.5, 0.6) is 0 Å². The van der Waals surface area contributed by atoms with Crippen molar-refractivity contribution in [3.05, 3.63) is 64.9 Å². The molecule has 0 aliphatic carbocycles. The second-order valence-electron chi connectivity index (χ2n) is 6.03. The highest BCUT2D eigenvalue weighted by Crippen LogP contribution is 2.12. The number of carbonyl (C=O) groups is 3. The van der Waals surface area contributed by atoms with Gasteiger partial charge in [0.05, 0.1) is 5.56 Å². The Hall–Kier alpha value is -2.93. The van der Waals surface area contributed by atoms with Gasteiger partial charge in [-0.2, -0.15) is 0 Å². The highest BCUT2D eigenvalue weighted by Gasteiger charge is 2.26. The maximum Gasteiger partial charge on any atom is 0.271 e. The molecule has 0 spiro atoms. The van der Waals surface area contributed by atoms with Crippen LogP contribution in [0.15, 0.2) is 48.8 Å². The van der Waals surface area contributed by atoms with Crippen molar-refractivity contribution in [2.24, 2.45) is 5.92 Å². The van der Waals surface area contributed by atoms with Gasteiger partial charge in [0.15, 0.2) is 0 Å². The fourth-order valence-electron chi connectivity index (χ4n) is 2.29. The first-order valence-corrected chi connectivity index (χ1v) is 8.86. The number of benzene rings is 1. The van der Waals surface area contributed by atoms with E-state index in [4.69, 9.17) is 11.6 Å². The van der Waals surface area contributed by atoms with Crippen LogP contribution >= 0.6 is 11.6 Å². The Morgan fingerprint density at radius 3 is 2.33 bits per heavy atom. The molecule has 0 radical (unpaired) electrons. The lowest BCUT2D eigenvalue weighted by Gasteiger charge is -2.23. The largest absolute Gasteiger partial charge is 0.340 e. The molecule has 0 aliphatic heterocycles. The highest BCUT2D eigenvalue weighted by atomic mass is 35.5. The molecule has 7 nitrogen and oxygen atoms in total. The van der Waals surface area contributed by atoms with Gasteiger partial charge in [0, 0.05) is 23.0 Å². The van der Waals surface area contributed by atoms with Gasteiger partial charge in [0.25, 0.3) is 17.7 Å². The molecule has 1 aromatic carbocycles. The van der Waals surface area contributed by atoms with Crippen LogP contribution in [0.4, 0.5) is 0 Å². The van der Waals surface area contributed by atoms with Gasteiger partial charge in [-0.05, 0) is 42.3 Å². The molecule has 2 aromatic rings. The zero-order valence-corrected chi connectivity index (χ0v) is 15.8. The van der Waals surface area contributed by atoms with Crippen LogP contribution in [0.25, 0.3) is 0 Å². The predicted octanol–water partition coefficient (Wildman–Crippen LogP) is 2.34. The first-order chi connectivity index (χ1) is 12.9. The summed E-state index contributed by atoms with van der Waals surface area (Å²) >= 11 is 5.83. The molecule has 142 valence electrons. The fourth-order valence-corrected chi connectivity index (χ4v) is 2.42. The molecular weight excluding hydrogens is 368 g/mol. The van der Waals surface area contributed by atoms with Crippen LogP contribution in [0, 0.1) is 5.92 Å². The topological polar surface area (TPSA) is 100 Å². The summed E-state index contributed by atoms with van der Waals surface area (Å²) in [4.78, 5) is 40.8. The first kappa shape index (κ1) is 20.4. The number of carbonyl (C=O) groups excluding carboxylic acids is 3. The molecule has 0 bridgehead atoms. The molecule has 8 heteroatoms. The summed E-state index contributed by atoms with van der Waals surface area (Å²) in [6.07, 6.45) is 3.59. The Labute approximate surface area is 162 Å². The van der Waals surface area contributed by atoms with Crippen molar-refractivity contribution >= 4 is 29.3 Å². The minimum atomic E-state index is -0.813. The van der Waals surface area contributed by atoms with E-state index >= 15 is 0 Å². The molecule has 0 saturated heterocycles. The second-order valence-corrected chi connectivity index (χ2v) is 6.47. The Bertz CT molecular complexity index is 796. The van der Waals surface area contributed by atoms with Gasteiger partial charge < -0.3 is 5.32 Å². The molecule has 3 N–H and O–H groups in total. The molecule has 1 heterocycles. The minimum Gasteiger partial charge on any atom is -0.340 e. The maximum atomic E-state index is 12.5. The Morgan fingerprint density at radius 2 is 1.74 bits per heavy atom. The van der Waals surface area contributed by atoms with Crippen molar-refractivity contribution in [2.75, 3.05) is 0 Å². The number of hydrogen-bond acceptors (Lipinski definition) is 4. The van der Waals surface area contributed by atoms with Crippen molar-refractivity contribution in [1.82, 2.24) is 21.2 Å². The zero-order valence-electron chi connectivity index (χ0n) is 15.0. The molecule has 27 heavy (non-hydrogen) atoms. The molecule has 0 saturated carbocycles. The first-order valence-electron chi connectivity index (χ1n) is 8.49. The van der Waals surface area contributed by atoms with Gasteiger partial charge in [0.1, 0.15) is 6.04 Å². The summed E-state index contributed by atoms with van der Waals surface area (Å²) in [6.45, 7) is 3.75. The van der Waals surface area contributed by atoms with Gasteiger partial charge in [-0.3, -0.25) is 30.2 Å². The van der Waals surface area contributed by atoms with E-state index in [0.29, 0.717) is 22.6 Å². The molecular formula is C19H21ClN4O3. The summed E-state index contributed by atoms with van der Waals surface area (Å²) < 4.78 is 0. The van der Waals surface area contributed by atoms with Crippen molar-refractivity contribution in [2.45, 2.75) is 26.3 Å². The summed E-state index contributed by atoms with van der Waals surface area (Å²) in [5.74, 6) is -1.55. The Morgan fingerprint density at radius 1 is 1.04 bits per heavy atom. The molecule has 2 rings (SSSR count). The van der Waals surface area contributed by atoms with E-state index in [1.165, 1.54) is 6.20 Å². The normalized spacial score (nSPS) is 12.6. The van der Waals surface area contributed by atoms with Crippen LogP contribution in [-0.4, -0.2) is 28.7 Å². The fraction of sp³-hybridized carbons (Fsp3) is 0.263. The number of rotatable bonds is 6. The van der Waals surface area contributed by atoms with Crippen LogP contribution in [0.2, 0.25) is 5.02 Å². The van der Waals surface area contributed by atoms with E-state index in [9.17, 15) is 14.4 Å². The minimum absolute atomic E-state index is 0.142. The van der Waals surface area contributed by atoms with Crippen molar-refractivity contribution in [1.29, 1.82) is 0 Å². The number of nitrogens with one attached hydrogen (secondary N) is 3. The van der Waals surface area contributed by atoms with E-state index in [2.05, 4.69) is 21.2 Å². The number of halogens is 1. The standard InChI is InChI=1S/C19H21ClN4O3/c1-3-12(2)16(22-17(25)13-6-8-15(20)9-7-13)19(27)24-23-18(26)14-5-4-10-21-11-14/h4-12,16H,3H2,1-2H3,(H,22,25)(H,23,26)(H,24,27)/t12-,16-/m0/s1. The maximum absolute atomic E-state index is 12.5. The number of amides is 3. The third kappa shape index (κ3) is 5.79. The van der Waals surface area contributed by atoms with Gasteiger partial charge in [-0.25, -0.2) is 0 Å². The smallest absolute Gasteiger partial charge is 0.271 e. The van der Waals surface area contributed by atoms with E-state index in [1.54, 1.807) is 42.6 Å². The van der Waals surface area contributed by atoms with Gasteiger partial charge in [0.2, 0.25) is 0 Å².